The summed E-state index contributed by atoms with van der Waals surface area (Å²) in [4.78, 5) is 26.1. The molecule has 1 N–H and O–H groups in total. The number of halogens is 3. The van der Waals surface area contributed by atoms with E-state index in [1.165, 1.54) is 5.56 Å². The number of amides is 1. The van der Waals surface area contributed by atoms with Gasteiger partial charge in [-0.15, -0.1) is 0 Å². The topological polar surface area (TPSA) is 88.5 Å². The number of nitrogens with zero attached hydrogens (tertiary/aromatic N) is 2. The normalized spacial score (nSPS) is 21.3. The van der Waals surface area contributed by atoms with Crippen molar-refractivity contribution in [1.29, 1.82) is 0 Å². The molecule has 1 spiro atoms. The first-order valence-electron chi connectivity index (χ1n) is 10.9. The number of benzene rings is 2. The van der Waals surface area contributed by atoms with E-state index in [1.807, 2.05) is 35.2 Å². The molecule has 0 radical (unpaired) electrons. The molecule has 3 aliphatic heterocycles. The number of carboxylic acids is 1. The Labute approximate surface area is 199 Å². The molecule has 2 aromatic rings. The number of likely N-dealkylation sites (tertiary alicyclic amines) is 1. The molecular weight excluding hydrogens is 469 g/mol. The molecule has 2 fully saturated rings. The molecule has 5 rings (SSSR count). The van der Waals surface area contributed by atoms with Gasteiger partial charge in [-0.05, 0) is 42.8 Å². The zero-order chi connectivity index (χ0) is 25.2. The number of carbonyl (C=O) groups excluding carboxylic acids is 1. The summed E-state index contributed by atoms with van der Waals surface area (Å²) in [7, 11) is 1.68. The first-order valence-corrected chi connectivity index (χ1v) is 10.9. The molecule has 188 valence electrons. The Morgan fingerprint density at radius 2 is 1.80 bits per heavy atom. The van der Waals surface area contributed by atoms with Crippen LogP contribution in [0.1, 0.15) is 18.4 Å². The highest BCUT2D eigenvalue weighted by Crippen LogP contribution is 2.44. The van der Waals surface area contributed by atoms with Crippen molar-refractivity contribution in [3.05, 3.63) is 48.0 Å². The zero-order valence-corrected chi connectivity index (χ0v) is 19.0. The Bertz CT molecular complexity index is 1090. The first kappa shape index (κ1) is 24.6. The van der Waals surface area contributed by atoms with Crippen molar-refractivity contribution in [3.8, 4) is 17.2 Å². The van der Waals surface area contributed by atoms with Gasteiger partial charge in [0.2, 0.25) is 12.7 Å². The Balaban J connectivity index is 0.000000364. The van der Waals surface area contributed by atoms with Gasteiger partial charge in [0.25, 0.3) is 0 Å². The summed E-state index contributed by atoms with van der Waals surface area (Å²) in [5.74, 6) is -0.212. The monoisotopic (exact) mass is 494 g/mol. The Morgan fingerprint density at radius 1 is 1.11 bits per heavy atom. The second-order valence-corrected chi connectivity index (χ2v) is 8.81. The minimum Gasteiger partial charge on any atom is -0.497 e. The molecule has 3 aliphatic rings. The van der Waals surface area contributed by atoms with Crippen LogP contribution in [0.25, 0.3) is 0 Å². The van der Waals surface area contributed by atoms with Crippen molar-refractivity contribution < 1.29 is 42.1 Å². The molecular formula is C24H25F3N2O6. The van der Waals surface area contributed by atoms with E-state index in [0.717, 1.165) is 55.5 Å². The number of carbonyl (C=O) groups is 2. The molecule has 0 bridgehead atoms. The van der Waals surface area contributed by atoms with Gasteiger partial charge in [-0.3, -0.25) is 9.69 Å². The van der Waals surface area contributed by atoms with E-state index < -0.39 is 12.1 Å². The summed E-state index contributed by atoms with van der Waals surface area (Å²) >= 11 is 0. The van der Waals surface area contributed by atoms with Crippen LogP contribution in [0.5, 0.6) is 17.2 Å². The minimum absolute atomic E-state index is 0.0416. The van der Waals surface area contributed by atoms with E-state index in [1.54, 1.807) is 7.11 Å². The maximum atomic E-state index is 12.8. The predicted molar refractivity (Wildman–Crippen MR) is 119 cm³/mol. The number of rotatable bonds is 4. The number of hydrogen-bond donors (Lipinski definition) is 1. The number of carboxylic acid groups (broad SMARTS) is 1. The highest BCUT2D eigenvalue weighted by Gasteiger charge is 2.47. The highest BCUT2D eigenvalue weighted by atomic mass is 19.4. The van der Waals surface area contributed by atoms with Gasteiger partial charge < -0.3 is 24.2 Å². The summed E-state index contributed by atoms with van der Waals surface area (Å²) in [5.41, 5.74) is 2.22. The first-order chi connectivity index (χ1) is 16.6. The lowest BCUT2D eigenvalue weighted by Crippen LogP contribution is -2.31. The van der Waals surface area contributed by atoms with Crippen LogP contribution in [-0.4, -0.2) is 61.6 Å². The fourth-order valence-corrected chi connectivity index (χ4v) is 4.61. The van der Waals surface area contributed by atoms with Crippen molar-refractivity contribution in [2.75, 3.05) is 38.4 Å². The molecule has 11 heteroatoms. The predicted octanol–water partition coefficient (Wildman–Crippen LogP) is 3.69. The lowest BCUT2D eigenvalue weighted by atomic mass is 9.86. The van der Waals surface area contributed by atoms with Gasteiger partial charge in [-0.25, -0.2) is 4.79 Å². The van der Waals surface area contributed by atoms with Gasteiger partial charge >= 0.3 is 12.1 Å². The number of methoxy groups -OCH3 is 1. The molecule has 1 atom stereocenters. The number of anilines is 1. The summed E-state index contributed by atoms with van der Waals surface area (Å²) in [6, 6.07) is 14.0. The van der Waals surface area contributed by atoms with Gasteiger partial charge in [0.05, 0.1) is 7.11 Å². The quantitative estimate of drug-likeness (QED) is 0.694. The van der Waals surface area contributed by atoms with Crippen molar-refractivity contribution in [3.63, 3.8) is 0 Å². The van der Waals surface area contributed by atoms with Gasteiger partial charge in [0, 0.05) is 43.2 Å². The maximum absolute atomic E-state index is 12.8. The van der Waals surface area contributed by atoms with Crippen LogP contribution in [0.3, 0.4) is 0 Å². The van der Waals surface area contributed by atoms with E-state index >= 15 is 0 Å². The lowest BCUT2D eigenvalue weighted by Gasteiger charge is -2.24. The fraction of sp³-hybridized carbons (Fsp3) is 0.417. The van der Waals surface area contributed by atoms with Crippen LogP contribution >= 0.6 is 0 Å². The molecule has 2 aromatic carbocycles. The van der Waals surface area contributed by atoms with Gasteiger partial charge in [0.15, 0.2) is 11.5 Å². The second-order valence-electron chi connectivity index (χ2n) is 8.81. The Hall–Kier alpha value is -3.47. The molecule has 35 heavy (non-hydrogen) atoms. The smallest absolute Gasteiger partial charge is 0.490 e. The number of fused-ring (bicyclic) bond motifs is 1. The summed E-state index contributed by atoms with van der Waals surface area (Å²) < 4.78 is 47.8. The molecule has 3 heterocycles. The average Bonchev–Trinajstić information content (AvgIpc) is 3.52. The minimum atomic E-state index is -5.08. The van der Waals surface area contributed by atoms with E-state index in [0.29, 0.717) is 6.42 Å². The highest BCUT2D eigenvalue weighted by molar-refractivity contribution is 5.96. The second kappa shape index (κ2) is 9.65. The number of ether oxygens (including phenoxy) is 3. The van der Waals surface area contributed by atoms with Crippen LogP contribution in [-0.2, 0) is 16.1 Å². The maximum Gasteiger partial charge on any atom is 0.490 e. The molecule has 1 amide bonds. The molecule has 1 unspecified atom stereocenters. The van der Waals surface area contributed by atoms with E-state index in [9.17, 15) is 18.0 Å². The molecule has 0 saturated carbocycles. The van der Waals surface area contributed by atoms with Crippen LogP contribution < -0.4 is 19.1 Å². The van der Waals surface area contributed by atoms with E-state index in [4.69, 9.17) is 24.1 Å². The van der Waals surface area contributed by atoms with Crippen LogP contribution in [0.15, 0.2) is 42.5 Å². The molecule has 2 saturated heterocycles. The van der Waals surface area contributed by atoms with E-state index in [2.05, 4.69) is 17.0 Å². The van der Waals surface area contributed by atoms with Crippen molar-refractivity contribution in [2.45, 2.75) is 25.6 Å². The third-order valence-corrected chi connectivity index (χ3v) is 6.31. The van der Waals surface area contributed by atoms with Gasteiger partial charge in [-0.1, -0.05) is 12.1 Å². The number of aliphatic carboxylic acids is 1. The fourth-order valence-electron chi connectivity index (χ4n) is 4.61. The third-order valence-electron chi connectivity index (χ3n) is 6.31. The summed E-state index contributed by atoms with van der Waals surface area (Å²) in [5, 5.41) is 7.12. The Morgan fingerprint density at radius 3 is 2.46 bits per heavy atom. The molecule has 8 nitrogen and oxygen atoms in total. The SMILES string of the molecule is COc1ccc(CN2CCC3(CC(=O)N(c4ccc5c(c4)OCO5)C3)C2)cc1.O=C(O)C(F)(F)F. The lowest BCUT2D eigenvalue weighted by molar-refractivity contribution is -0.192. The van der Waals surface area contributed by atoms with E-state index in [-0.39, 0.29) is 18.1 Å². The zero-order valence-electron chi connectivity index (χ0n) is 19.0. The van der Waals surface area contributed by atoms with Gasteiger partial charge in [0.1, 0.15) is 5.75 Å². The average molecular weight is 494 g/mol. The van der Waals surface area contributed by atoms with Crippen molar-refractivity contribution in [2.24, 2.45) is 5.41 Å². The Kier molecular flexibility index (Phi) is 6.79. The number of hydrogen-bond acceptors (Lipinski definition) is 6. The van der Waals surface area contributed by atoms with Gasteiger partial charge in [-0.2, -0.15) is 13.2 Å². The largest absolute Gasteiger partial charge is 0.497 e. The summed E-state index contributed by atoms with van der Waals surface area (Å²) in [6.07, 6.45) is -3.42. The third kappa shape index (κ3) is 5.61. The molecule has 0 aliphatic carbocycles. The van der Waals surface area contributed by atoms with Crippen molar-refractivity contribution >= 4 is 17.6 Å². The molecule has 0 aromatic heterocycles. The number of alkyl halides is 3. The standard InChI is InChI=1S/C22H24N2O4.C2HF3O2/c1-26-18-5-2-16(3-6-18)12-23-9-8-22(13-23)11-21(25)24(14-22)17-4-7-19-20(10-17)28-15-27-19;3-2(4,5)1(6)7/h2-7,10H,8-9,11-15H2,1H3;(H,6,7). The van der Waals surface area contributed by atoms with Crippen LogP contribution in [0, 0.1) is 5.41 Å². The van der Waals surface area contributed by atoms with Crippen LogP contribution in [0.2, 0.25) is 0 Å². The van der Waals surface area contributed by atoms with Crippen molar-refractivity contribution in [1.82, 2.24) is 4.90 Å². The van der Waals surface area contributed by atoms with Crippen LogP contribution in [0.4, 0.5) is 18.9 Å². The summed E-state index contributed by atoms with van der Waals surface area (Å²) in [6.45, 7) is 3.89.